The monoisotopic (exact) mass is 364 g/mol. The molecule has 0 saturated carbocycles. The van der Waals surface area contributed by atoms with Crippen molar-refractivity contribution < 1.29 is 4.42 Å². The Balaban J connectivity index is 1.42. The highest BCUT2D eigenvalue weighted by Gasteiger charge is 2.15. The lowest BCUT2D eigenvalue weighted by Crippen LogP contribution is -2.40. The molecule has 1 aliphatic heterocycles. The van der Waals surface area contributed by atoms with Crippen LogP contribution >= 0.6 is 0 Å². The summed E-state index contributed by atoms with van der Waals surface area (Å²) in [5.41, 5.74) is 1.06. The Bertz CT molecular complexity index is 850. The van der Waals surface area contributed by atoms with Crippen LogP contribution in [-0.2, 0) is 6.42 Å². The summed E-state index contributed by atoms with van der Waals surface area (Å²) >= 11 is 0. The molecule has 0 atom stereocenters. The van der Waals surface area contributed by atoms with Crippen LogP contribution in [0.2, 0.25) is 0 Å². The molecule has 7 heteroatoms. The Morgan fingerprint density at radius 1 is 1.11 bits per heavy atom. The molecule has 27 heavy (non-hydrogen) atoms. The van der Waals surface area contributed by atoms with Gasteiger partial charge in [-0.3, -0.25) is 10.1 Å². The van der Waals surface area contributed by atoms with E-state index in [2.05, 4.69) is 37.5 Å². The van der Waals surface area contributed by atoms with Gasteiger partial charge >= 0.3 is 0 Å². The molecule has 2 aromatic heterocycles. The third-order valence-corrected chi connectivity index (χ3v) is 4.57. The second-order valence-corrected chi connectivity index (χ2v) is 6.58. The number of aliphatic imine (C=N–C) groups is 1. The average molecular weight is 364 g/mol. The van der Waals surface area contributed by atoms with Gasteiger partial charge in [0.25, 0.3) is 0 Å². The molecular weight excluding hydrogens is 340 g/mol. The minimum Gasteiger partial charge on any atom is -0.461 e. The number of nitrogens with one attached hydrogen (secondary N) is 2. The van der Waals surface area contributed by atoms with Crippen LogP contribution in [0.3, 0.4) is 0 Å². The Hall–Kier alpha value is -3.09. The van der Waals surface area contributed by atoms with Gasteiger partial charge in [0.2, 0.25) is 5.82 Å². The van der Waals surface area contributed by atoms with E-state index in [1.807, 2.05) is 30.3 Å². The van der Waals surface area contributed by atoms with Gasteiger partial charge in [-0.05, 0) is 43.5 Å². The van der Waals surface area contributed by atoms with Crippen LogP contribution in [0, 0.1) is 0 Å². The molecular formula is C20H24N6O. The highest BCUT2D eigenvalue weighted by molar-refractivity contribution is 5.93. The molecule has 1 fully saturated rings. The highest BCUT2D eigenvalue weighted by atomic mass is 16.3. The summed E-state index contributed by atoms with van der Waals surface area (Å²) in [5, 5.41) is 10.7. The van der Waals surface area contributed by atoms with Gasteiger partial charge < -0.3 is 14.6 Å². The van der Waals surface area contributed by atoms with E-state index in [9.17, 15) is 0 Å². The van der Waals surface area contributed by atoms with Crippen molar-refractivity contribution in [3.63, 3.8) is 0 Å². The van der Waals surface area contributed by atoms with Gasteiger partial charge in [-0.1, -0.05) is 18.2 Å². The van der Waals surface area contributed by atoms with Crippen LogP contribution in [0.15, 0.2) is 58.1 Å². The van der Waals surface area contributed by atoms with Gasteiger partial charge in [-0.25, -0.2) is 4.98 Å². The molecule has 140 valence electrons. The normalized spacial score (nSPS) is 15.1. The van der Waals surface area contributed by atoms with Crippen LogP contribution in [0.25, 0.3) is 11.6 Å². The molecule has 1 aromatic carbocycles. The van der Waals surface area contributed by atoms with Gasteiger partial charge in [0.05, 0.1) is 6.26 Å². The first-order valence-corrected chi connectivity index (χ1v) is 9.45. The SMILES string of the molecule is c1ccc(NC(=NCCc2nc(-c3ccco3)n[nH]2)N2CCCCC2)cc1. The maximum Gasteiger partial charge on any atom is 0.216 e. The standard InChI is InChI=1S/C20H24N6O/c1-3-8-16(9-4-1)22-20(26-13-5-2-6-14-26)21-12-11-18-23-19(25-24-18)17-10-7-15-27-17/h1,3-4,7-10,15H,2,5-6,11-14H2,(H,21,22)(H,23,24,25). The molecule has 0 aliphatic carbocycles. The van der Waals surface area contributed by atoms with Crippen molar-refractivity contribution in [2.45, 2.75) is 25.7 Å². The molecule has 0 unspecified atom stereocenters. The number of hydrogen-bond donors (Lipinski definition) is 2. The van der Waals surface area contributed by atoms with E-state index >= 15 is 0 Å². The zero-order chi connectivity index (χ0) is 18.3. The fourth-order valence-corrected chi connectivity index (χ4v) is 3.17. The minimum absolute atomic E-state index is 0.581. The van der Waals surface area contributed by atoms with Crippen LogP contribution in [0.1, 0.15) is 25.1 Å². The number of furan rings is 1. The topological polar surface area (TPSA) is 82.3 Å². The predicted octanol–water partition coefficient (Wildman–Crippen LogP) is 3.56. The van der Waals surface area contributed by atoms with Crippen molar-refractivity contribution in [2.75, 3.05) is 25.0 Å². The van der Waals surface area contributed by atoms with Crippen molar-refractivity contribution in [1.82, 2.24) is 20.1 Å². The van der Waals surface area contributed by atoms with Crippen LogP contribution in [0.4, 0.5) is 5.69 Å². The van der Waals surface area contributed by atoms with Gasteiger partial charge in [0.1, 0.15) is 5.82 Å². The number of guanidine groups is 1. The summed E-state index contributed by atoms with van der Waals surface area (Å²) in [6, 6.07) is 13.9. The first-order valence-electron chi connectivity index (χ1n) is 9.45. The summed E-state index contributed by atoms with van der Waals surface area (Å²) < 4.78 is 5.33. The first-order chi connectivity index (χ1) is 13.4. The Morgan fingerprint density at radius 3 is 2.74 bits per heavy atom. The molecule has 0 bridgehead atoms. The lowest BCUT2D eigenvalue weighted by Gasteiger charge is -2.30. The Labute approximate surface area is 158 Å². The molecule has 3 heterocycles. The van der Waals surface area contributed by atoms with E-state index in [0.717, 1.165) is 30.6 Å². The number of likely N-dealkylation sites (tertiary alicyclic amines) is 1. The van der Waals surface area contributed by atoms with Crippen LogP contribution in [-0.4, -0.2) is 45.7 Å². The van der Waals surface area contributed by atoms with E-state index in [4.69, 9.17) is 9.41 Å². The lowest BCUT2D eigenvalue weighted by molar-refractivity contribution is 0.340. The molecule has 4 rings (SSSR count). The third kappa shape index (κ3) is 4.55. The number of nitrogens with zero attached hydrogens (tertiary/aromatic N) is 4. The zero-order valence-electron chi connectivity index (χ0n) is 15.3. The third-order valence-electron chi connectivity index (χ3n) is 4.57. The number of anilines is 1. The van der Waals surface area contributed by atoms with E-state index in [0.29, 0.717) is 24.6 Å². The summed E-state index contributed by atoms with van der Waals surface area (Å²) in [4.78, 5) is 11.7. The molecule has 0 spiro atoms. The largest absolute Gasteiger partial charge is 0.461 e. The lowest BCUT2D eigenvalue weighted by atomic mass is 10.1. The van der Waals surface area contributed by atoms with Crippen LogP contribution < -0.4 is 5.32 Å². The summed E-state index contributed by atoms with van der Waals surface area (Å²) in [5.74, 6) is 2.99. The highest BCUT2D eigenvalue weighted by Crippen LogP contribution is 2.15. The molecule has 3 aromatic rings. The van der Waals surface area contributed by atoms with Crippen LogP contribution in [0.5, 0.6) is 0 Å². The van der Waals surface area contributed by atoms with Gasteiger partial charge in [0.15, 0.2) is 11.7 Å². The number of aromatic amines is 1. The summed E-state index contributed by atoms with van der Waals surface area (Å²) in [6.45, 7) is 2.73. The van der Waals surface area contributed by atoms with E-state index in [1.165, 1.54) is 19.3 Å². The van der Waals surface area contributed by atoms with Crippen molar-refractivity contribution in [2.24, 2.45) is 4.99 Å². The first kappa shape index (κ1) is 17.3. The number of aromatic nitrogens is 3. The number of rotatable bonds is 5. The van der Waals surface area contributed by atoms with Gasteiger partial charge in [-0.15, -0.1) is 0 Å². The second kappa shape index (κ2) is 8.53. The summed E-state index contributed by atoms with van der Waals surface area (Å²) in [7, 11) is 0. The van der Waals surface area contributed by atoms with Crippen molar-refractivity contribution in [3.8, 4) is 11.6 Å². The van der Waals surface area contributed by atoms with E-state index < -0.39 is 0 Å². The molecule has 2 N–H and O–H groups in total. The Kier molecular flexibility index (Phi) is 5.47. The number of hydrogen-bond acceptors (Lipinski definition) is 4. The Morgan fingerprint density at radius 2 is 1.96 bits per heavy atom. The fourth-order valence-electron chi connectivity index (χ4n) is 3.17. The maximum absolute atomic E-state index is 5.33. The second-order valence-electron chi connectivity index (χ2n) is 6.58. The van der Waals surface area contributed by atoms with Gasteiger partial charge in [-0.2, -0.15) is 5.10 Å². The number of piperidine rings is 1. The van der Waals surface area contributed by atoms with Crippen molar-refractivity contribution in [1.29, 1.82) is 0 Å². The summed E-state index contributed by atoms with van der Waals surface area (Å²) in [6.07, 6.45) is 6.04. The fraction of sp³-hybridized carbons (Fsp3) is 0.350. The quantitative estimate of drug-likeness (QED) is 0.534. The molecule has 0 radical (unpaired) electrons. The average Bonchev–Trinajstić information content (AvgIpc) is 3.41. The number of H-pyrrole nitrogens is 1. The predicted molar refractivity (Wildman–Crippen MR) is 106 cm³/mol. The number of benzene rings is 1. The van der Waals surface area contributed by atoms with E-state index in [-0.39, 0.29) is 0 Å². The van der Waals surface area contributed by atoms with Gasteiger partial charge in [0, 0.05) is 31.7 Å². The maximum atomic E-state index is 5.33. The minimum atomic E-state index is 0.581. The smallest absolute Gasteiger partial charge is 0.216 e. The number of para-hydroxylation sites is 1. The zero-order valence-corrected chi connectivity index (χ0v) is 15.3. The molecule has 7 nitrogen and oxygen atoms in total. The van der Waals surface area contributed by atoms with E-state index in [1.54, 1.807) is 6.26 Å². The van der Waals surface area contributed by atoms with Crippen molar-refractivity contribution >= 4 is 11.6 Å². The van der Waals surface area contributed by atoms with Crippen molar-refractivity contribution in [3.05, 3.63) is 54.6 Å². The molecule has 1 saturated heterocycles. The molecule has 0 amide bonds. The molecule has 1 aliphatic rings.